The lowest BCUT2D eigenvalue weighted by molar-refractivity contribution is -0.154. The first-order valence-corrected chi connectivity index (χ1v) is 3.26. The number of nitrogens with one attached hydrogen (secondary N) is 1. The summed E-state index contributed by atoms with van der Waals surface area (Å²) in [6.07, 6.45) is -0.307. The lowest BCUT2D eigenvalue weighted by atomic mass is 9.83. The molecule has 2 atom stereocenters. The second kappa shape index (κ2) is 2.21. The molecule has 0 bridgehead atoms. The molecule has 0 aromatic rings. The van der Waals surface area contributed by atoms with Crippen molar-refractivity contribution < 1.29 is 15.0 Å². The van der Waals surface area contributed by atoms with Gasteiger partial charge in [-0.15, -0.1) is 0 Å². The summed E-state index contributed by atoms with van der Waals surface area (Å²) in [5.41, 5.74) is -1.06. The van der Waals surface area contributed by atoms with Crippen LogP contribution >= 0.6 is 0 Å². The predicted octanol–water partition coefficient (Wildman–Crippen LogP) is -0.816. The van der Waals surface area contributed by atoms with E-state index in [9.17, 15) is 4.79 Å². The minimum atomic E-state index is -1.06. The van der Waals surface area contributed by atoms with Crippen molar-refractivity contribution in [1.29, 1.82) is 0 Å². The molecule has 4 nitrogen and oxygen atoms in total. The Balaban J connectivity index is 2.68. The second-order valence-electron chi connectivity index (χ2n) is 2.63. The molecule has 0 radical (unpaired) electrons. The maximum absolute atomic E-state index is 10.5. The predicted molar refractivity (Wildman–Crippen MR) is 34.7 cm³/mol. The zero-order valence-corrected chi connectivity index (χ0v) is 5.79. The number of hydrogen-bond donors (Lipinski definition) is 3. The zero-order valence-electron chi connectivity index (χ0n) is 5.79. The van der Waals surface area contributed by atoms with Gasteiger partial charge in [-0.1, -0.05) is 0 Å². The van der Waals surface area contributed by atoms with E-state index in [1.807, 2.05) is 0 Å². The monoisotopic (exact) mass is 145 g/mol. The van der Waals surface area contributed by atoms with E-state index in [0.29, 0.717) is 13.0 Å². The van der Waals surface area contributed by atoms with E-state index in [1.54, 1.807) is 0 Å². The second-order valence-corrected chi connectivity index (χ2v) is 2.63. The number of carbonyl (C=O) groups is 1. The van der Waals surface area contributed by atoms with Gasteiger partial charge in [0.15, 0.2) is 0 Å². The van der Waals surface area contributed by atoms with Crippen molar-refractivity contribution in [2.75, 3.05) is 6.54 Å². The molecule has 0 aliphatic carbocycles. The van der Waals surface area contributed by atoms with E-state index in [2.05, 4.69) is 5.32 Å². The first-order chi connectivity index (χ1) is 4.59. The van der Waals surface area contributed by atoms with Crippen molar-refractivity contribution in [1.82, 2.24) is 5.32 Å². The fourth-order valence-corrected chi connectivity index (χ4v) is 1.11. The molecule has 0 aromatic carbocycles. The number of rotatable bonds is 2. The van der Waals surface area contributed by atoms with Crippen LogP contribution in [0, 0.1) is 0 Å². The van der Waals surface area contributed by atoms with E-state index in [4.69, 9.17) is 10.2 Å². The fourth-order valence-electron chi connectivity index (χ4n) is 1.11. The van der Waals surface area contributed by atoms with Gasteiger partial charge in [-0.2, -0.15) is 0 Å². The molecule has 4 heteroatoms. The van der Waals surface area contributed by atoms with Gasteiger partial charge in [-0.25, -0.2) is 0 Å². The molecule has 1 saturated heterocycles. The molecule has 1 aliphatic rings. The van der Waals surface area contributed by atoms with Gasteiger partial charge in [-0.05, 0) is 19.9 Å². The summed E-state index contributed by atoms with van der Waals surface area (Å²) >= 11 is 0. The van der Waals surface area contributed by atoms with Crippen LogP contribution in [0.25, 0.3) is 0 Å². The van der Waals surface area contributed by atoms with Crippen LogP contribution in [-0.4, -0.2) is 34.4 Å². The number of hydrogen-bond acceptors (Lipinski definition) is 3. The molecule has 1 rings (SSSR count). The highest BCUT2D eigenvalue weighted by atomic mass is 16.4. The third kappa shape index (κ3) is 0.803. The van der Waals surface area contributed by atoms with Crippen LogP contribution in [0.15, 0.2) is 0 Å². The quantitative estimate of drug-likeness (QED) is 0.475. The SMILES string of the molecule is C[C@H](O)[C@@]1(C(=O)O)CCN1. The van der Waals surface area contributed by atoms with Gasteiger partial charge in [0.2, 0.25) is 0 Å². The van der Waals surface area contributed by atoms with Gasteiger partial charge >= 0.3 is 5.97 Å². The van der Waals surface area contributed by atoms with Crippen LogP contribution in [0.1, 0.15) is 13.3 Å². The summed E-state index contributed by atoms with van der Waals surface area (Å²) in [6.45, 7) is 2.16. The van der Waals surface area contributed by atoms with Gasteiger partial charge in [-0.3, -0.25) is 10.1 Å². The largest absolute Gasteiger partial charge is 0.480 e. The highest BCUT2D eigenvalue weighted by Crippen LogP contribution is 2.22. The molecule has 58 valence electrons. The van der Waals surface area contributed by atoms with Gasteiger partial charge in [0.25, 0.3) is 0 Å². The molecule has 3 N–H and O–H groups in total. The molecule has 0 saturated carbocycles. The van der Waals surface area contributed by atoms with Crippen molar-refractivity contribution in [3.05, 3.63) is 0 Å². The molecule has 0 amide bonds. The summed E-state index contributed by atoms with van der Waals surface area (Å²) in [5, 5.41) is 20.4. The molecule has 10 heavy (non-hydrogen) atoms. The van der Waals surface area contributed by atoms with E-state index in [-0.39, 0.29) is 0 Å². The standard InChI is InChI=1S/C6H11NO3/c1-4(8)6(5(9)10)2-3-7-6/h4,7-8H,2-3H2,1H3,(H,9,10)/t4-,6+/m0/s1. The Bertz CT molecular complexity index is 151. The molecule has 1 heterocycles. The third-order valence-corrected chi connectivity index (χ3v) is 2.05. The number of aliphatic hydroxyl groups is 1. The summed E-state index contributed by atoms with van der Waals surface area (Å²) in [7, 11) is 0. The normalized spacial score (nSPS) is 34.6. The van der Waals surface area contributed by atoms with Crippen LogP contribution in [0.4, 0.5) is 0 Å². The van der Waals surface area contributed by atoms with E-state index >= 15 is 0 Å². The van der Waals surface area contributed by atoms with Crippen molar-refractivity contribution in [2.24, 2.45) is 0 Å². The summed E-state index contributed by atoms with van der Waals surface area (Å²) in [6, 6.07) is 0. The number of aliphatic hydroxyl groups excluding tert-OH is 1. The first kappa shape index (κ1) is 7.50. The molecular formula is C6H11NO3. The van der Waals surface area contributed by atoms with Crippen LogP contribution in [0.5, 0.6) is 0 Å². The minimum absolute atomic E-state index is 0.514. The Labute approximate surface area is 58.9 Å². The van der Waals surface area contributed by atoms with Crippen molar-refractivity contribution >= 4 is 5.97 Å². The van der Waals surface area contributed by atoms with E-state index < -0.39 is 17.6 Å². The van der Waals surface area contributed by atoms with Crippen molar-refractivity contribution in [2.45, 2.75) is 25.0 Å². The van der Waals surface area contributed by atoms with Gasteiger partial charge in [0.05, 0.1) is 6.10 Å². The Morgan fingerprint density at radius 3 is 2.30 bits per heavy atom. The average molecular weight is 145 g/mol. The van der Waals surface area contributed by atoms with Gasteiger partial charge in [0.1, 0.15) is 5.54 Å². The maximum atomic E-state index is 10.5. The van der Waals surface area contributed by atoms with E-state index in [0.717, 1.165) is 0 Å². The highest BCUT2D eigenvalue weighted by molar-refractivity contribution is 5.80. The zero-order chi connectivity index (χ0) is 7.78. The van der Waals surface area contributed by atoms with E-state index in [1.165, 1.54) is 6.92 Å². The lowest BCUT2D eigenvalue weighted by Gasteiger charge is -2.41. The first-order valence-electron chi connectivity index (χ1n) is 3.26. The van der Waals surface area contributed by atoms with Crippen LogP contribution in [0.2, 0.25) is 0 Å². The molecular weight excluding hydrogens is 134 g/mol. The Hall–Kier alpha value is -0.610. The topological polar surface area (TPSA) is 69.6 Å². The summed E-state index contributed by atoms with van der Waals surface area (Å²) < 4.78 is 0. The minimum Gasteiger partial charge on any atom is -0.480 e. The summed E-state index contributed by atoms with van der Waals surface area (Å²) in [4.78, 5) is 10.5. The summed E-state index contributed by atoms with van der Waals surface area (Å²) in [5.74, 6) is -0.964. The average Bonchev–Trinajstić information content (AvgIpc) is 1.57. The number of aliphatic carboxylic acids is 1. The van der Waals surface area contributed by atoms with Crippen molar-refractivity contribution in [3.63, 3.8) is 0 Å². The van der Waals surface area contributed by atoms with Crippen molar-refractivity contribution in [3.8, 4) is 0 Å². The Morgan fingerprint density at radius 2 is 2.30 bits per heavy atom. The van der Waals surface area contributed by atoms with Crippen LogP contribution in [-0.2, 0) is 4.79 Å². The molecule has 0 spiro atoms. The Morgan fingerprint density at radius 1 is 1.80 bits per heavy atom. The Kier molecular flexibility index (Phi) is 1.66. The molecule has 0 unspecified atom stereocenters. The smallest absolute Gasteiger partial charge is 0.326 e. The number of carboxylic acids is 1. The molecule has 0 aromatic heterocycles. The third-order valence-electron chi connectivity index (χ3n) is 2.05. The lowest BCUT2D eigenvalue weighted by Crippen LogP contribution is -2.68. The number of carboxylic acid groups (broad SMARTS) is 1. The molecule has 1 fully saturated rings. The van der Waals surface area contributed by atoms with Gasteiger partial charge in [0, 0.05) is 0 Å². The maximum Gasteiger partial charge on any atom is 0.326 e. The fraction of sp³-hybridized carbons (Fsp3) is 0.833. The van der Waals surface area contributed by atoms with Crippen LogP contribution in [0.3, 0.4) is 0 Å². The highest BCUT2D eigenvalue weighted by Gasteiger charge is 2.48. The van der Waals surface area contributed by atoms with Crippen LogP contribution < -0.4 is 5.32 Å². The molecule has 1 aliphatic heterocycles. The van der Waals surface area contributed by atoms with Gasteiger partial charge < -0.3 is 10.2 Å².